The molecule has 0 amide bonds. The maximum atomic E-state index is 14.0. The Bertz CT molecular complexity index is 1380. The van der Waals surface area contributed by atoms with Crippen molar-refractivity contribution in [1.29, 1.82) is 0 Å². The van der Waals surface area contributed by atoms with Crippen LogP contribution in [0.3, 0.4) is 0 Å². The molecule has 2 aliphatic heterocycles. The molecule has 6 rings (SSSR count). The van der Waals surface area contributed by atoms with Crippen LogP contribution in [0.2, 0.25) is 0 Å². The average molecular weight is 520 g/mol. The molecule has 5 heterocycles. The number of nitrogens with zero attached hydrogens (tertiary/aromatic N) is 6. The molecule has 2 fully saturated rings. The second-order valence-electron chi connectivity index (χ2n) is 8.93. The number of para-hydroxylation sites is 2. The van der Waals surface area contributed by atoms with Crippen molar-refractivity contribution >= 4 is 40.7 Å². The summed E-state index contributed by atoms with van der Waals surface area (Å²) in [4.78, 5) is 15.2. The third-order valence-electron chi connectivity index (χ3n) is 6.50. The number of halogens is 4. The van der Waals surface area contributed by atoms with E-state index in [0.717, 1.165) is 44.6 Å². The lowest BCUT2D eigenvalue weighted by atomic mass is 10.1. The molecule has 190 valence electrons. The molecule has 36 heavy (non-hydrogen) atoms. The van der Waals surface area contributed by atoms with Gasteiger partial charge < -0.3 is 15.0 Å². The summed E-state index contributed by atoms with van der Waals surface area (Å²) in [6.45, 7) is 3.12. The van der Waals surface area contributed by atoms with Crippen LogP contribution in [0.25, 0.3) is 28.1 Å². The second-order valence-corrected chi connectivity index (χ2v) is 8.93. The van der Waals surface area contributed by atoms with Crippen LogP contribution in [-0.4, -0.2) is 56.9 Å². The first-order valence-corrected chi connectivity index (χ1v) is 11.8. The number of fused-ring (bicyclic) bond motifs is 2. The zero-order valence-electron chi connectivity index (χ0n) is 19.3. The summed E-state index contributed by atoms with van der Waals surface area (Å²) in [7, 11) is 0. The van der Waals surface area contributed by atoms with E-state index in [9.17, 15) is 13.2 Å². The van der Waals surface area contributed by atoms with Gasteiger partial charge in [0.2, 0.25) is 0 Å². The number of anilines is 2. The van der Waals surface area contributed by atoms with Crippen LogP contribution in [0.1, 0.15) is 31.4 Å². The van der Waals surface area contributed by atoms with Crippen LogP contribution >= 0.6 is 12.4 Å². The van der Waals surface area contributed by atoms with E-state index in [2.05, 4.69) is 25.3 Å². The summed E-state index contributed by atoms with van der Waals surface area (Å²) in [5.74, 6) is 1.48. The first-order chi connectivity index (χ1) is 17.0. The van der Waals surface area contributed by atoms with Gasteiger partial charge in [-0.3, -0.25) is 0 Å². The topological polar surface area (TPSA) is 80.5 Å². The van der Waals surface area contributed by atoms with E-state index in [0.29, 0.717) is 30.2 Å². The molecule has 0 radical (unpaired) electrons. The van der Waals surface area contributed by atoms with E-state index < -0.39 is 11.9 Å². The van der Waals surface area contributed by atoms with Gasteiger partial charge in [-0.1, -0.05) is 12.1 Å². The largest absolute Gasteiger partial charge is 0.435 e. The number of hydrogen-bond acceptors (Lipinski definition) is 7. The molecule has 0 atom stereocenters. The fourth-order valence-electron chi connectivity index (χ4n) is 4.72. The van der Waals surface area contributed by atoms with Crippen molar-refractivity contribution in [3.05, 3.63) is 42.1 Å². The number of hydrogen-bond donors (Lipinski definition) is 1. The van der Waals surface area contributed by atoms with Crippen molar-refractivity contribution in [2.24, 2.45) is 0 Å². The number of benzene rings is 1. The minimum atomic E-state index is -4.68. The van der Waals surface area contributed by atoms with E-state index in [4.69, 9.17) is 9.72 Å². The monoisotopic (exact) mass is 519 g/mol. The van der Waals surface area contributed by atoms with Crippen LogP contribution in [0, 0.1) is 0 Å². The van der Waals surface area contributed by atoms with Crippen molar-refractivity contribution in [3.63, 3.8) is 0 Å². The minimum Gasteiger partial charge on any atom is -0.381 e. The van der Waals surface area contributed by atoms with Crippen LogP contribution < -0.4 is 10.2 Å². The molecule has 12 heteroatoms. The van der Waals surface area contributed by atoms with E-state index >= 15 is 0 Å². The van der Waals surface area contributed by atoms with Crippen LogP contribution in [0.5, 0.6) is 0 Å². The minimum absolute atomic E-state index is 0. The standard InChI is InChI=1S/C24H24F3N7O.ClH/c25-24(26,27)23-22(29-16-5-1-2-6-17(16)30-23)18-13-20-31-19(33-9-3-4-10-33)14-21(34(20)32-18)28-15-7-11-35-12-8-15;/h1-2,5-6,13-15,28H,3-4,7-12H2;1H. The average Bonchev–Trinajstić information content (AvgIpc) is 3.54. The summed E-state index contributed by atoms with van der Waals surface area (Å²) >= 11 is 0. The van der Waals surface area contributed by atoms with Gasteiger partial charge in [-0.05, 0) is 37.8 Å². The summed E-state index contributed by atoms with van der Waals surface area (Å²) in [5.41, 5.74) is -0.263. The van der Waals surface area contributed by atoms with Crippen molar-refractivity contribution in [2.75, 3.05) is 36.5 Å². The molecular formula is C24H25ClF3N7O. The SMILES string of the molecule is Cl.FC(F)(F)c1nc2ccccc2nc1-c1cc2nc(N3CCCC3)cc(NC3CCOCC3)n2n1. The molecule has 0 spiro atoms. The van der Waals surface area contributed by atoms with Crippen molar-refractivity contribution in [1.82, 2.24) is 24.6 Å². The number of nitrogens with one attached hydrogen (secondary N) is 1. The Morgan fingerprint density at radius 1 is 0.944 bits per heavy atom. The number of rotatable bonds is 4. The number of alkyl halides is 3. The lowest BCUT2D eigenvalue weighted by Crippen LogP contribution is -2.29. The van der Waals surface area contributed by atoms with E-state index in [1.165, 1.54) is 6.07 Å². The van der Waals surface area contributed by atoms with Crippen LogP contribution in [0.15, 0.2) is 36.4 Å². The van der Waals surface area contributed by atoms with Gasteiger partial charge in [0.1, 0.15) is 23.0 Å². The Balaban J connectivity index is 0.00000267. The smallest absolute Gasteiger partial charge is 0.381 e. The molecule has 0 aliphatic carbocycles. The molecule has 4 aromatic rings. The molecule has 1 aromatic carbocycles. The van der Waals surface area contributed by atoms with Gasteiger partial charge in [-0.25, -0.2) is 15.0 Å². The Hall–Kier alpha value is -3.18. The predicted octanol–water partition coefficient (Wildman–Crippen LogP) is 4.97. The second kappa shape index (κ2) is 9.70. The van der Waals surface area contributed by atoms with Gasteiger partial charge in [0.15, 0.2) is 11.3 Å². The molecule has 3 aromatic heterocycles. The first-order valence-electron chi connectivity index (χ1n) is 11.8. The highest BCUT2D eigenvalue weighted by Crippen LogP contribution is 2.36. The van der Waals surface area contributed by atoms with Crippen molar-refractivity contribution < 1.29 is 17.9 Å². The number of aromatic nitrogens is 5. The maximum absolute atomic E-state index is 14.0. The third-order valence-corrected chi connectivity index (χ3v) is 6.50. The summed E-state index contributed by atoms with van der Waals surface area (Å²) in [6, 6.07) is 10.2. The molecule has 2 aliphatic rings. The molecular weight excluding hydrogens is 495 g/mol. The van der Waals surface area contributed by atoms with Gasteiger partial charge in [0.25, 0.3) is 0 Å². The van der Waals surface area contributed by atoms with Crippen LogP contribution in [-0.2, 0) is 10.9 Å². The maximum Gasteiger partial charge on any atom is 0.435 e. The normalized spacial score (nSPS) is 17.0. The molecule has 1 N–H and O–H groups in total. The molecule has 0 bridgehead atoms. The van der Waals surface area contributed by atoms with E-state index in [1.807, 2.05) is 6.07 Å². The fourth-order valence-corrected chi connectivity index (χ4v) is 4.72. The summed E-state index contributed by atoms with van der Waals surface area (Å²) in [6.07, 6.45) is -0.834. The highest BCUT2D eigenvalue weighted by molar-refractivity contribution is 5.85. The van der Waals surface area contributed by atoms with E-state index in [-0.39, 0.29) is 35.4 Å². The molecule has 0 unspecified atom stereocenters. The Morgan fingerprint density at radius 3 is 2.33 bits per heavy atom. The zero-order valence-corrected chi connectivity index (χ0v) is 20.1. The van der Waals surface area contributed by atoms with Gasteiger partial charge >= 0.3 is 6.18 Å². The third kappa shape index (κ3) is 4.64. The Kier molecular flexibility index (Phi) is 6.60. The highest BCUT2D eigenvalue weighted by atomic mass is 35.5. The zero-order chi connectivity index (χ0) is 24.0. The summed E-state index contributed by atoms with van der Waals surface area (Å²) < 4.78 is 49.0. The van der Waals surface area contributed by atoms with Gasteiger partial charge in [-0.15, -0.1) is 12.4 Å². The molecule has 2 saturated heterocycles. The molecule has 0 saturated carbocycles. The lowest BCUT2D eigenvalue weighted by Gasteiger charge is -2.25. The quantitative estimate of drug-likeness (QED) is 0.407. The Morgan fingerprint density at radius 2 is 1.64 bits per heavy atom. The van der Waals surface area contributed by atoms with Gasteiger partial charge in [0, 0.05) is 44.5 Å². The highest BCUT2D eigenvalue weighted by Gasteiger charge is 2.38. The first kappa shape index (κ1) is 24.5. The van der Waals surface area contributed by atoms with E-state index in [1.54, 1.807) is 28.8 Å². The fraction of sp³-hybridized carbons (Fsp3) is 0.417. The summed E-state index contributed by atoms with van der Waals surface area (Å²) in [5, 5.41) is 8.06. The van der Waals surface area contributed by atoms with Gasteiger partial charge in [0.05, 0.1) is 11.0 Å². The van der Waals surface area contributed by atoms with Gasteiger partial charge in [-0.2, -0.15) is 22.8 Å². The number of ether oxygens (including phenoxy) is 1. The Labute approximate surface area is 211 Å². The van der Waals surface area contributed by atoms with Crippen LogP contribution in [0.4, 0.5) is 24.8 Å². The van der Waals surface area contributed by atoms with Crippen molar-refractivity contribution in [3.8, 4) is 11.4 Å². The van der Waals surface area contributed by atoms with Crippen molar-refractivity contribution in [2.45, 2.75) is 37.9 Å². The lowest BCUT2D eigenvalue weighted by molar-refractivity contribution is -0.140. The molecule has 8 nitrogen and oxygen atoms in total. The predicted molar refractivity (Wildman–Crippen MR) is 133 cm³/mol.